The Kier molecular flexibility index (Phi) is 5.06. The van der Waals surface area contributed by atoms with Gasteiger partial charge < -0.3 is 10.2 Å². The van der Waals surface area contributed by atoms with Gasteiger partial charge in [-0.3, -0.25) is 14.2 Å². The van der Waals surface area contributed by atoms with Gasteiger partial charge in [-0.2, -0.15) is 0 Å². The van der Waals surface area contributed by atoms with Crippen LogP contribution in [-0.2, 0) is 0 Å². The van der Waals surface area contributed by atoms with Crippen LogP contribution >= 0.6 is 0 Å². The lowest BCUT2D eigenvalue weighted by atomic mass is 10.1. The van der Waals surface area contributed by atoms with Crippen LogP contribution in [0, 0.1) is 6.92 Å². The lowest BCUT2D eigenvalue weighted by molar-refractivity contribution is 0.0827. The van der Waals surface area contributed by atoms with Gasteiger partial charge in [-0.25, -0.2) is 4.98 Å². The quantitative estimate of drug-likeness (QED) is 0.558. The highest BCUT2D eigenvalue weighted by atomic mass is 16.2. The van der Waals surface area contributed by atoms with Gasteiger partial charge in [0.25, 0.3) is 11.8 Å². The van der Waals surface area contributed by atoms with E-state index >= 15 is 0 Å². The summed E-state index contributed by atoms with van der Waals surface area (Å²) in [4.78, 5) is 30.9. The average molecular weight is 398 g/mol. The first-order chi connectivity index (χ1) is 14.4. The van der Waals surface area contributed by atoms with E-state index in [0.29, 0.717) is 16.8 Å². The van der Waals surface area contributed by atoms with Gasteiger partial charge in [-0.15, -0.1) is 0 Å². The van der Waals surface area contributed by atoms with Crippen LogP contribution < -0.4 is 5.32 Å². The van der Waals surface area contributed by atoms with Crippen molar-refractivity contribution in [3.63, 3.8) is 0 Å². The van der Waals surface area contributed by atoms with E-state index in [1.807, 2.05) is 43.3 Å². The Balaban J connectivity index is 1.58. The molecule has 6 heteroatoms. The molecule has 1 N–H and O–H groups in total. The molecule has 0 atom stereocenters. The molecule has 2 amide bonds. The molecule has 0 saturated heterocycles. The maximum absolute atomic E-state index is 12.7. The summed E-state index contributed by atoms with van der Waals surface area (Å²) in [5, 5.41) is 2.87. The molecular weight excluding hydrogens is 376 g/mol. The van der Waals surface area contributed by atoms with E-state index in [0.717, 1.165) is 22.5 Å². The Hall–Kier alpha value is -3.93. The minimum Gasteiger partial charge on any atom is -0.345 e. The van der Waals surface area contributed by atoms with Gasteiger partial charge in [0.1, 0.15) is 5.82 Å². The lowest BCUT2D eigenvalue weighted by Crippen LogP contribution is -2.21. The zero-order chi connectivity index (χ0) is 21.3. The van der Waals surface area contributed by atoms with Gasteiger partial charge in [-0.05, 0) is 61.5 Å². The summed E-state index contributed by atoms with van der Waals surface area (Å²) >= 11 is 0. The van der Waals surface area contributed by atoms with Crippen molar-refractivity contribution < 1.29 is 9.59 Å². The first-order valence-electron chi connectivity index (χ1n) is 9.61. The van der Waals surface area contributed by atoms with E-state index in [2.05, 4.69) is 14.9 Å². The van der Waals surface area contributed by atoms with Gasteiger partial charge >= 0.3 is 0 Å². The molecule has 1 aromatic heterocycles. The zero-order valence-corrected chi connectivity index (χ0v) is 17.1. The summed E-state index contributed by atoms with van der Waals surface area (Å²) in [5.41, 5.74) is 4.45. The molecule has 0 aliphatic rings. The van der Waals surface area contributed by atoms with Crippen molar-refractivity contribution in [1.29, 1.82) is 0 Å². The monoisotopic (exact) mass is 398 g/mol. The number of fused-ring (bicyclic) bond motifs is 1. The molecule has 0 aliphatic carbocycles. The van der Waals surface area contributed by atoms with Crippen LogP contribution in [0.25, 0.3) is 16.7 Å². The molecule has 0 saturated carbocycles. The number of hydrogen-bond donors (Lipinski definition) is 1. The highest BCUT2D eigenvalue weighted by Gasteiger charge is 2.13. The molecule has 1 heterocycles. The third-order valence-corrected chi connectivity index (χ3v) is 4.89. The second kappa shape index (κ2) is 7.83. The van der Waals surface area contributed by atoms with E-state index in [1.54, 1.807) is 50.5 Å². The molecule has 0 aliphatic heterocycles. The third kappa shape index (κ3) is 3.67. The van der Waals surface area contributed by atoms with Gasteiger partial charge in [0, 0.05) is 36.6 Å². The van der Waals surface area contributed by atoms with Crippen molar-refractivity contribution in [3.8, 4) is 5.69 Å². The number of nitrogens with zero attached hydrogens (tertiary/aromatic N) is 3. The Morgan fingerprint density at radius 2 is 1.57 bits per heavy atom. The summed E-state index contributed by atoms with van der Waals surface area (Å²) in [6, 6.07) is 22.3. The smallest absolute Gasteiger partial charge is 0.255 e. The highest BCUT2D eigenvalue weighted by molar-refractivity contribution is 6.06. The van der Waals surface area contributed by atoms with E-state index in [1.165, 1.54) is 4.90 Å². The van der Waals surface area contributed by atoms with E-state index in [-0.39, 0.29) is 11.8 Å². The van der Waals surface area contributed by atoms with E-state index in [9.17, 15) is 9.59 Å². The molecule has 0 radical (unpaired) electrons. The number of rotatable bonds is 4. The van der Waals surface area contributed by atoms with Crippen molar-refractivity contribution in [3.05, 3.63) is 89.7 Å². The largest absolute Gasteiger partial charge is 0.345 e. The highest BCUT2D eigenvalue weighted by Crippen LogP contribution is 2.23. The minimum atomic E-state index is -0.226. The lowest BCUT2D eigenvalue weighted by Gasteiger charge is -2.11. The SMILES string of the molecule is Cc1nc2cc(C(=O)Nc3ccc(C(=O)N(C)C)cc3)ccc2n1-c1ccccc1. The molecule has 0 fully saturated rings. The topological polar surface area (TPSA) is 67.2 Å². The molecule has 0 bridgehead atoms. The molecular formula is C24H22N4O2. The number of imidazole rings is 1. The first kappa shape index (κ1) is 19.4. The predicted octanol–water partition coefficient (Wildman–Crippen LogP) is 4.29. The first-order valence-corrected chi connectivity index (χ1v) is 9.61. The van der Waals surface area contributed by atoms with Crippen LogP contribution in [-0.4, -0.2) is 40.4 Å². The van der Waals surface area contributed by atoms with Crippen LogP contribution in [0.2, 0.25) is 0 Å². The van der Waals surface area contributed by atoms with Crippen molar-refractivity contribution in [2.75, 3.05) is 19.4 Å². The number of para-hydroxylation sites is 1. The second-order valence-electron chi connectivity index (χ2n) is 7.26. The van der Waals surface area contributed by atoms with Gasteiger partial charge in [0.15, 0.2) is 0 Å². The van der Waals surface area contributed by atoms with E-state index < -0.39 is 0 Å². The molecule has 6 nitrogen and oxygen atoms in total. The maximum Gasteiger partial charge on any atom is 0.255 e. The van der Waals surface area contributed by atoms with Crippen LogP contribution in [0.15, 0.2) is 72.8 Å². The Morgan fingerprint density at radius 1 is 0.900 bits per heavy atom. The Bertz CT molecular complexity index is 1230. The maximum atomic E-state index is 12.7. The normalized spacial score (nSPS) is 10.8. The van der Waals surface area contributed by atoms with Crippen LogP contribution in [0.3, 0.4) is 0 Å². The molecule has 30 heavy (non-hydrogen) atoms. The number of amides is 2. The van der Waals surface area contributed by atoms with Crippen molar-refractivity contribution >= 4 is 28.5 Å². The molecule has 3 aromatic carbocycles. The number of carbonyl (C=O) groups excluding carboxylic acids is 2. The third-order valence-electron chi connectivity index (χ3n) is 4.89. The van der Waals surface area contributed by atoms with Gasteiger partial charge in [0.05, 0.1) is 11.0 Å². The number of nitrogens with one attached hydrogen (secondary N) is 1. The Labute approximate surface area is 174 Å². The van der Waals surface area contributed by atoms with Crippen LogP contribution in [0.1, 0.15) is 26.5 Å². The molecule has 4 aromatic rings. The fraction of sp³-hybridized carbons (Fsp3) is 0.125. The fourth-order valence-corrected chi connectivity index (χ4v) is 3.40. The van der Waals surface area contributed by atoms with E-state index in [4.69, 9.17) is 0 Å². The predicted molar refractivity (Wildman–Crippen MR) is 118 cm³/mol. The summed E-state index contributed by atoms with van der Waals surface area (Å²) in [5.74, 6) is 0.549. The molecule has 4 rings (SSSR count). The average Bonchev–Trinajstić information content (AvgIpc) is 3.09. The molecule has 0 unspecified atom stereocenters. The number of aromatic nitrogens is 2. The molecule has 0 spiro atoms. The summed E-state index contributed by atoms with van der Waals surface area (Å²) in [6.45, 7) is 1.95. The zero-order valence-electron chi connectivity index (χ0n) is 17.1. The summed E-state index contributed by atoms with van der Waals surface area (Å²) in [7, 11) is 3.41. The van der Waals surface area contributed by atoms with Crippen LogP contribution in [0.5, 0.6) is 0 Å². The van der Waals surface area contributed by atoms with Crippen molar-refractivity contribution in [1.82, 2.24) is 14.5 Å². The van der Waals surface area contributed by atoms with Gasteiger partial charge in [0.2, 0.25) is 0 Å². The number of hydrogen-bond acceptors (Lipinski definition) is 3. The summed E-state index contributed by atoms with van der Waals surface area (Å²) < 4.78 is 2.07. The number of aryl methyl sites for hydroxylation is 1. The standard InChI is InChI=1S/C24H22N4O2/c1-16-25-21-15-18(11-14-22(21)28(16)20-7-5-4-6-8-20)23(29)26-19-12-9-17(10-13-19)24(30)27(2)3/h4-15H,1-3H3,(H,26,29). The summed E-state index contributed by atoms with van der Waals surface area (Å²) in [6.07, 6.45) is 0. The van der Waals surface area contributed by atoms with Crippen molar-refractivity contribution in [2.24, 2.45) is 0 Å². The minimum absolute atomic E-state index is 0.0808. The number of carbonyl (C=O) groups is 2. The Morgan fingerprint density at radius 3 is 2.23 bits per heavy atom. The van der Waals surface area contributed by atoms with Crippen LogP contribution in [0.4, 0.5) is 5.69 Å². The fourth-order valence-electron chi connectivity index (χ4n) is 3.40. The second-order valence-corrected chi connectivity index (χ2v) is 7.26. The van der Waals surface area contributed by atoms with Gasteiger partial charge in [-0.1, -0.05) is 18.2 Å². The number of anilines is 1. The number of benzene rings is 3. The molecule has 150 valence electrons. The van der Waals surface area contributed by atoms with Crippen molar-refractivity contribution in [2.45, 2.75) is 6.92 Å².